The van der Waals surface area contributed by atoms with Crippen molar-refractivity contribution >= 4 is 10.0 Å². The summed E-state index contributed by atoms with van der Waals surface area (Å²) in [5.74, 6) is -0.445. The summed E-state index contributed by atoms with van der Waals surface area (Å²) >= 11 is 0. The van der Waals surface area contributed by atoms with Crippen LogP contribution in [-0.2, 0) is 21.3 Å². The van der Waals surface area contributed by atoms with E-state index in [9.17, 15) is 12.8 Å². The van der Waals surface area contributed by atoms with E-state index < -0.39 is 15.8 Å². The Hall–Kier alpha value is -1.02. The van der Waals surface area contributed by atoms with Crippen molar-refractivity contribution in [1.29, 1.82) is 0 Å². The molecular formula is C14H19FN2O3S. The first kappa shape index (κ1) is 14.9. The number of fused-ring (bicyclic) bond motifs is 2. The molecule has 116 valence electrons. The monoisotopic (exact) mass is 314 g/mol. The van der Waals surface area contributed by atoms with Crippen LogP contribution in [0.3, 0.4) is 0 Å². The maximum atomic E-state index is 13.8. The van der Waals surface area contributed by atoms with Crippen LogP contribution < -0.4 is 10.5 Å². The molecule has 0 aliphatic carbocycles. The molecule has 2 aliphatic rings. The fourth-order valence-corrected chi connectivity index (χ4v) is 4.55. The first-order valence-electron chi connectivity index (χ1n) is 7.07. The Balaban J connectivity index is 1.86. The Labute approximate surface area is 123 Å². The summed E-state index contributed by atoms with van der Waals surface area (Å²) in [4.78, 5) is 0.0598. The van der Waals surface area contributed by atoms with Crippen molar-refractivity contribution in [2.45, 2.75) is 55.9 Å². The van der Waals surface area contributed by atoms with Gasteiger partial charge in [-0.25, -0.2) is 17.5 Å². The van der Waals surface area contributed by atoms with Gasteiger partial charge in [-0.2, -0.15) is 0 Å². The summed E-state index contributed by atoms with van der Waals surface area (Å²) in [6.07, 6.45) is 2.70. The summed E-state index contributed by atoms with van der Waals surface area (Å²) in [7, 11) is -3.69. The van der Waals surface area contributed by atoms with E-state index in [1.54, 1.807) is 0 Å². The molecule has 2 heterocycles. The lowest BCUT2D eigenvalue weighted by atomic mass is 9.96. The van der Waals surface area contributed by atoms with Gasteiger partial charge in [-0.15, -0.1) is 0 Å². The number of halogens is 1. The zero-order valence-corrected chi connectivity index (χ0v) is 12.6. The Morgan fingerprint density at radius 3 is 2.76 bits per heavy atom. The van der Waals surface area contributed by atoms with E-state index in [1.165, 1.54) is 19.1 Å². The van der Waals surface area contributed by atoms with E-state index >= 15 is 0 Å². The molecule has 0 aromatic heterocycles. The Morgan fingerprint density at radius 2 is 2.19 bits per heavy atom. The molecule has 5 nitrogen and oxygen atoms in total. The van der Waals surface area contributed by atoms with E-state index in [4.69, 9.17) is 10.5 Å². The number of hydrogen-bond donors (Lipinski definition) is 2. The van der Waals surface area contributed by atoms with E-state index in [-0.39, 0.29) is 40.8 Å². The molecule has 3 rings (SSSR count). The van der Waals surface area contributed by atoms with Crippen LogP contribution in [0.2, 0.25) is 0 Å². The molecule has 3 unspecified atom stereocenters. The minimum Gasteiger partial charge on any atom is -0.373 e. The lowest BCUT2D eigenvalue weighted by Gasteiger charge is -2.20. The van der Waals surface area contributed by atoms with Crippen molar-refractivity contribution in [3.63, 3.8) is 0 Å². The lowest BCUT2D eigenvalue weighted by molar-refractivity contribution is 0.0996. The van der Waals surface area contributed by atoms with Crippen molar-refractivity contribution < 1.29 is 17.5 Å². The van der Waals surface area contributed by atoms with Gasteiger partial charge in [0.25, 0.3) is 0 Å². The number of sulfonamides is 1. The molecule has 0 radical (unpaired) electrons. The number of hydrogen-bond acceptors (Lipinski definition) is 4. The zero-order valence-electron chi connectivity index (χ0n) is 11.8. The topological polar surface area (TPSA) is 81.4 Å². The second-order valence-electron chi connectivity index (χ2n) is 5.75. The molecule has 1 aromatic carbocycles. The molecule has 2 bridgehead atoms. The number of rotatable bonds is 4. The predicted octanol–water partition coefficient (Wildman–Crippen LogP) is 1.19. The van der Waals surface area contributed by atoms with Crippen molar-refractivity contribution in [3.8, 4) is 0 Å². The first-order valence-corrected chi connectivity index (χ1v) is 8.56. The Bertz CT molecular complexity index is 662. The van der Waals surface area contributed by atoms with Gasteiger partial charge < -0.3 is 10.5 Å². The lowest BCUT2D eigenvalue weighted by Crippen LogP contribution is -2.41. The molecule has 7 heteroatoms. The van der Waals surface area contributed by atoms with Crippen LogP contribution >= 0.6 is 0 Å². The number of aryl methyl sites for hydroxylation is 1. The highest BCUT2D eigenvalue weighted by Crippen LogP contribution is 2.35. The van der Waals surface area contributed by atoms with Gasteiger partial charge in [-0.05, 0) is 43.9 Å². The number of benzene rings is 1. The van der Waals surface area contributed by atoms with Crippen molar-refractivity contribution in [2.24, 2.45) is 5.73 Å². The molecule has 2 aliphatic heterocycles. The van der Waals surface area contributed by atoms with Gasteiger partial charge in [0.2, 0.25) is 10.0 Å². The van der Waals surface area contributed by atoms with Crippen LogP contribution in [0.15, 0.2) is 17.0 Å². The largest absolute Gasteiger partial charge is 0.373 e. The third-order valence-electron chi connectivity index (χ3n) is 4.25. The van der Waals surface area contributed by atoms with Crippen molar-refractivity contribution in [1.82, 2.24) is 4.72 Å². The van der Waals surface area contributed by atoms with Gasteiger partial charge in [0.05, 0.1) is 23.1 Å². The average Bonchev–Trinajstić information content (AvgIpc) is 3.03. The van der Waals surface area contributed by atoms with E-state index in [0.717, 1.165) is 12.8 Å². The van der Waals surface area contributed by atoms with Crippen molar-refractivity contribution in [2.75, 3.05) is 0 Å². The van der Waals surface area contributed by atoms with Crippen LogP contribution in [0.5, 0.6) is 0 Å². The highest BCUT2D eigenvalue weighted by molar-refractivity contribution is 7.89. The molecule has 3 N–H and O–H groups in total. The quantitative estimate of drug-likeness (QED) is 0.875. The van der Waals surface area contributed by atoms with Gasteiger partial charge >= 0.3 is 0 Å². The molecule has 3 atom stereocenters. The van der Waals surface area contributed by atoms with Crippen LogP contribution in [-0.4, -0.2) is 26.7 Å². The van der Waals surface area contributed by atoms with E-state index in [1.807, 2.05) is 0 Å². The maximum absolute atomic E-state index is 13.8. The average molecular weight is 314 g/mol. The standard InChI is InChI=1S/C14H19FN2O3S/c1-8-4-11(5-9(7-16)14(8)15)21(18,19)17-12-6-10-2-3-13(12)20-10/h4-5,10,12-13,17H,2-3,6-7,16H2,1H3. The zero-order chi connectivity index (χ0) is 15.2. The summed E-state index contributed by atoms with van der Waals surface area (Å²) in [6.45, 7) is 1.50. The predicted molar refractivity (Wildman–Crippen MR) is 75.6 cm³/mol. The second-order valence-corrected chi connectivity index (χ2v) is 7.47. The van der Waals surface area contributed by atoms with Crippen LogP contribution in [0.4, 0.5) is 4.39 Å². The Morgan fingerprint density at radius 1 is 1.43 bits per heavy atom. The van der Waals surface area contributed by atoms with E-state index in [2.05, 4.69) is 4.72 Å². The molecule has 0 spiro atoms. The van der Waals surface area contributed by atoms with Crippen LogP contribution in [0.25, 0.3) is 0 Å². The minimum atomic E-state index is -3.69. The highest BCUT2D eigenvalue weighted by atomic mass is 32.2. The smallest absolute Gasteiger partial charge is 0.240 e. The number of nitrogens with two attached hydrogens (primary N) is 1. The van der Waals surface area contributed by atoms with E-state index in [0.29, 0.717) is 6.42 Å². The third kappa shape index (κ3) is 2.70. The third-order valence-corrected chi connectivity index (χ3v) is 5.72. The van der Waals surface area contributed by atoms with Crippen molar-refractivity contribution in [3.05, 3.63) is 29.1 Å². The number of nitrogens with one attached hydrogen (secondary N) is 1. The van der Waals surface area contributed by atoms with Gasteiger partial charge in [-0.1, -0.05) is 0 Å². The summed E-state index contributed by atoms with van der Waals surface area (Å²) < 4.78 is 47.0. The number of ether oxygens (including phenoxy) is 1. The molecule has 1 aromatic rings. The van der Waals surface area contributed by atoms with Gasteiger partial charge in [0.15, 0.2) is 0 Å². The fraction of sp³-hybridized carbons (Fsp3) is 0.571. The SMILES string of the molecule is Cc1cc(S(=O)(=O)NC2CC3CCC2O3)cc(CN)c1F. The molecule has 0 amide bonds. The fourth-order valence-electron chi connectivity index (χ4n) is 3.14. The van der Waals surface area contributed by atoms with Gasteiger partial charge in [-0.3, -0.25) is 0 Å². The molecule has 2 fully saturated rings. The second kappa shape index (κ2) is 5.31. The van der Waals surface area contributed by atoms with Gasteiger partial charge in [0, 0.05) is 12.1 Å². The first-order chi connectivity index (χ1) is 9.90. The minimum absolute atomic E-state index is 0.0345. The summed E-state index contributed by atoms with van der Waals surface area (Å²) in [5.41, 5.74) is 5.96. The van der Waals surface area contributed by atoms with Crippen LogP contribution in [0, 0.1) is 12.7 Å². The Kier molecular flexibility index (Phi) is 3.77. The van der Waals surface area contributed by atoms with Gasteiger partial charge in [0.1, 0.15) is 5.82 Å². The molecular weight excluding hydrogens is 295 g/mol. The molecule has 2 saturated heterocycles. The highest BCUT2D eigenvalue weighted by Gasteiger charge is 2.42. The molecule has 0 saturated carbocycles. The summed E-state index contributed by atoms with van der Waals surface area (Å²) in [6, 6.07) is 2.45. The normalized spacial score (nSPS) is 28.2. The molecule has 21 heavy (non-hydrogen) atoms. The summed E-state index contributed by atoms with van der Waals surface area (Å²) in [5, 5.41) is 0. The van der Waals surface area contributed by atoms with Crippen LogP contribution in [0.1, 0.15) is 30.4 Å². The maximum Gasteiger partial charge on any atom is 0.240 e.